The zero-order chi connectivity index (χ0) is 20.6. The maximum absolute atomic E-state index is 12.9. The summed E-state index contributed by atoms with van der Waals surface area (Å²) in [5, 5.41) is 5.34. The smallest absolute Gasteiger partial charge is 0.244 e. The second kappa shape index (κ2) is 10.2. The molecule has 0 spiro atoms. The van der Waals surface area contributed by atoms with Gasteiger partial charge in [0.25, 0.3) is 0 Å². The first-order chi connectivity index (χ1) is 14.1. The molecule has 9 heteroatoms. The van der Waals surface area contributed by atoms with E-state index >= 15 is 0 Å². The molecule has 0 fully saturated rings. The molecule has 1 heterocycles. The summed E-state index contributed by atoms with van der Waals surface area (Å²) in [4.78, 5) is 32.9. The number of thiazole rings is 1. The van der Waals surface area contributed by atoms with Gasteiger partial charge in [-0.2, -0.15) is 11.8 Å². The van der Waals surface area contributed by atoms with Gasteiger partial charge in [0, 0.05) is 22.2 Å². The monoisotopic (exact) mass is 442 g/mol. The lowest BCUT2D eigenvalue weighted by molar-refractivity contribution is 0.0979. The molecule has 150 valence electrons. The lowest BCUT2D eigenvalue weighted by Gasteiger charge is -2.16. The van der Waals surface area contributed by atoms with Gasteiger partial charge in [-0.05, 0) is 36.3 Å². The van der Waals surface area contributed by atoms with Gasteiger partial charge >= 0.3 is 0 Å². The molecule has 0 aliphatic heterocycles. The van der Waals surface area contributed by atoms with E-state index in [1.165, 1.54) is 11.3 Å². The Bertz CT molecular complexity index is 981. The Kier molecular flexibility index (Phi) is 7.45. The van der Waals surface area contributed by atoms with Gasteiger partial charge in [-0.15, -0.1) is 11.3 Å². The molecule has 1 aromatic heterocycles. The molecule has 6 nitrogen and oxygen atoms in total. The Morgan fingerprint density at radius 3 is 2.69 bits per heavy atom. The maximum atomic E-state index is 12.9. The first-order valence-electron chi connectivity index (χ1n) is 9.04. The number of nitrogens with zero attached hydrogens (tertiary/aromatic N) is 1. The van der Waals surface area contributed by atoms with E-state index in [0.717, 1.165) is 17.0 Å². The van der Waals surface area contributed by atoms with Crippen LogP contribution in [0.5, 0.6) is 0 Å². The van der Waals surface area contributed by atoms with Crippen molar-refractivity contribution in [2.75, 3.05) is 23.1 Å². The van der Waals surface area contributed by atoms with Gasteiger partial charge in [-0.25, -0.2) is 4.98 Å². The molecule has 0 aliphatic rings. The van der Waals surface area contributed by atoms with E-state index in [0.29, 0.717) is 22.4 Å². The summed E-state index contributed by atoms with van der Waals surface area (Å²) in [7, 11) is -2.27. The predicted octanol–water partition coefficient (Wildman–Crippen LogP) is 4.02. The summed E-state index contributed by atoms with van der Waals surface area (Å²) in [6.07, 6.45) is 1.98. The normalized spacial score (nSPS) is 11.6. The maximum Gasteiger partial charge on any atom is 0.244 e. The number of benzene rings is 2. The highest BCUT2D eigenvalue weighted by Gasteiger charge is 2.24. The quantitative estimate of drug-likeness (QED) is 0.362. The Labute approximate surface area is 179 Å². The van der Waals surface area contributed by atoms with Crippen LogP contribution in [-0.4, -0.2) is 37.4 Å². The van der Waals surface area contributed by atoms with Crippen molar-refractivity contribution < 1.29 is 9.59 Å². The number of hydrogen-bond donors (Lipinski definition) is 3. The number of nitrogen functional groups attached to an aromatic ring is 1. The van der Waals surface area contributed by atoms with Gasteiger partial charge in [0.1, 0.15) is 0 Å². The molecule has 0 saturated heterocycles. The molecule has 2 amide bonds. The summed E-state index contributed by atoms with van der Waals surface area (Å²) in [6, 6.07) is 17.2. The molecule has 4 N–H and O–H groups in total. The van der Waals surface area contributed by atoms with E-state index in [1.54, 1.807) is 36.0 Å². The molecule has 0 aliphatic carbocycles. The highest BCUT2D eigenvalue weighted by atomic mass is 32.2. The third-order valence-corrected chi connectivity index (χ3v) is 8.26. The molecule has 0 unspecified atom stereocenters. The predicted molar refractivity (Wildman–Crippen MR) is 125 cm³/mol. The number of nitrogens with one attached hydrogen (secondary N) is 2. The number of nitrogens with two attached hydrogens (primary N) is 1. The van der Waals surface area contributed by atoms with E-state index in [1.807, 2.05) is 42.0 Å². The number of thioether (sulfide) groups is 1. The van der Waals surface area contributed by atoms with E-state index in [-0.39, 0.29) is 11.4 Å². The van der Waals surface area contributed by atoms with Crippen LogP contribution in [0.25, 0.3) is 11.3 Å². The largest absolute Gasteiger partial charge is 0.399 e. The fourth-order valence-corrected chi connectivity index (χ4v) is 6.74. The molecule has 3 aromatic rings. The fraction of sp³-hybridized carbons (Fsp3) is 0.150. The summed E-state index contributed by atoms with van der Waals surface area (Å²) in [5.41, 5.74) is 8.40. The third-order valence-electron chi connectivity index (χ3n) is 4.19. The van der Waals surface area contributed by atoms with Crippen LogP contribution < -0.4 is 16.0 Å². The van der Waals surface area contributed by atoms with E-state index in [9.17, 15) is 9.59 Å². The van der Waals surface area contributed by atoms with Crippen molar-refractivity contribution in [1.82, 2.24) is 9.97 Å². The number of carbonyl (C=O) groups is 2. The fourth-order valence-electron chi connectivity index (χ4n) is 2.69. The van der Waals surface area contributed by atoms with Gasteiger partial charge in [0.15, 0.2) is 5.13 Å². The second-order valence-electron chi connectivity index (χ2n) is 6.33. The molecule has 0 bridgehead atoms. The minimum atomic E-state index is -2.27. The Hall–Kier alpha value is -2.62. The zero-order valence-electron chi connectivity index (χ0n) is 15.9. The van der Waals surface area contributed by atoms with Crippen LogP contribution in [0.1, 0.15) is 10.4 Å². The zero-order valence-corrected chi connectivity index (χ0v) is 18.7. The summed E-state index contributed by atoms with van der Waals surface area (Å²) in [5.74, 6) is 0.531. The minimum absolute atomic E-state index is 0.148. The van der Waals surface area contributed by atoms with E-state index in [2.05, 4.69) is 15.3 Å². The van der Waals surface area contributed by atoms with Crippen molar-refractivity contribution in [3.05, 3.63) is 65.5 Å². The van der Waals surface area contributed by atoms with Crippen LogP contribution in [-0.2, 0) is 0 Å². The molecular weight excluding hydrogens is 420 g/mol. The molecule has 0 saturated carbocycles. The first-order valence-corrected chi connectivity index (χ1v) is 13.3. The van der Waals surface area contributed by atoms with Gasteiger partial charge in [0.2, 0.25) is 20.4 Å². The number of rotatable bonds is 8. The van der Waals surface area contributed by atoms with Crippen LogP contribution in [0, 0.1) is 0 Å². The molecule has 2 aromatic carbocycles. The van der Waals surface area contributed by atoms with Crippen molar-refractivity contribution in [3.63, 3.8) is 0 Å². The van der Waals surface area contributed by atoms with Crippen LogP contribution in [0.4, 0.5) is 15.6 Å². The number of amides is 2. The Balaban J connectivity index is 1.69. The van der Waals surface area contributed by atoms with Crippen molar-refractivity contribution in [3.8, 4) is 11.3 Å². The van der Waals surface area contributed by atoms with Gasteiger partial charge in [0.05, 0.1) is 5.69 Å². The van der Waals surface area contributed by atoms with Crippen molar-refractivity contribution in [1.29, 1.82) is 0 Å². The minimum Gasteiger partial charge on any atom is -0.399 e. The van der Waals surface area contributed by atoms with Crippen molar-refractivity contribution in [2.45, 2.75) is 6.04 Å². The number of carbonyl (C=O) groups excluding carboxylic acids is 2. The lowest BCUT2D eigenvalue weighted by atomic mass is 10.2. The van der Waals surface area contributed by atoms with Crippen molar-refractivity contribution >= 4 is 54.3 Å². The average molecular weight is 443 g/mol. The third kappa shape index (κ3) is 5.93. The van der Waals surface area contributed by atoms with Gasteiger partial charge < -0.3 is 16.0 Å². The average Bonchev–Trinajstić information content (AvgIpc) is 3.20. The molecule has 1 atom stereocenters. The van der Waals surface area contributed by atoms with E-state index in [4.69, 9.17) is 5.73 Å². The van der Waals surface area contributed by atoms with Crippen LogP contribution >= 0.6 is 23.1 Å². The number of anilines is 2. The standard InChI is InChI=1S/C20H22N4O2S2Si/c1-27-10-11-29(24-18(25)15-8-5-9-16(21)12-15)20(26)23-19-22-17(13-28-19)14-6-3-2-4-7-14/h2-9,12-13,29H,10-11,21H2,1H3,(H,24,25)(H,22,23,26)/t29-/m0/s1. The topological polar surface area (TPSA) is 97.1 Å². The molecular formula is C20H22N4O2S2Si. The van der Waals surface area contributed by atoms with Gasteiger partial charge in [-0.3, -0.25) is 9.59 Å². The van der Waals surface area contributed by atoms with Crippen LogP contribution in [0.3, 0.4) is 0 Å². The summed E-state index contributed by atoms with van der Waals surface area (Å²) < 4.78 is 0. The highest BCUT2D eigenvalue weighted by Crippen LogP contribution is 2.24. The van der Waals surface area contributed by atoms with E-state index < -0.39 is 8.96 Å². The molecule has 3 rings (SSSR count). The van der Waals surface area contributed by atoms with Crippen LogP contribution in [0.15, 0.2) is 60.0 Å². The van der Waals surface area contributed by atoms with Gasteiger partial charge in [-0.1, -0.05) is 36.4 Å². The lowest BCUT2D eigenvalue weighted by Crippen LogP contribution is -2.47. The SMILES string of the molecule is CSCC[Si@H](NC(=O)c1cccc(N)c1)C(=O)Nc1nc(-c2ccccc2)cs1. The highest BCUT2D eigenvalue weighted by molar-refractivity contribution is 7.98. The summed E-state index contributed by atoms with van der Waals surface area (Å²) >= 11 is 3.03. The van der Waals surface area contributed by atoms with Crippen molar-refractivity contribution in [2.24, 2.45) is 0 Å². The number of aromatic nitrogens is 1. The number of hydrogen-bond acceptors (Lipinski definition) is 6. The Morgan fingerprint density at radius 2 is 1.97 bits per heavy atom. The molecule has 29 heavy (non-hydrogen) atoms. The van der Waals surface area contributed by atoms with Crippen LogP contribution in [0.2, 0.25) is 6.04 Å². The molecule has 0 radical (unpaired) electrons. The summed E-state index contributed by atoms with van der Waals surface area (Å²) in [6.45, 7) is 0. The first kappa shape index (κ1) is 21.1. The second-order valence-corrected chi connectivity index (χ2v) is 10.7. The Morgan fingerprint density at radius 1 is 1.17 bits per heavy atom.